The first-order valence-corrected chi connectivity index (χ1v) is 13.7. The summed E-state index contributed by atoms with van der Waals surface area (Å²) in [5.74, 6) is 1.29. The van der Waals surface area contributed by atoms with Gasteiger partial charge < -0.3 is 4.74 Å². The number of benzene rings is 5. The zero-order chi connectivity index (χ0) is 26.9. The molecular formula is C33H26BrN3O2. The number of nitrogens with zero attached hydrogens (tertiary/aromatic N) is 3. The third-order valence-corrected chi connectivity index (χ3v) is 7.34. The molecule has 0 atom stereocenters. The molecule has 1 heterocycles. The summed E-state index contributed by atoms with van der Waals surface area (Å²) >= 11 is 3.47. The van der Waals surface area contributed by atoms with Crippen LogP contribution in [0.5, 0.6) is 5.75 Å². The van der Waals surface area contributed by atoms with Crippen LogP contribution in [0.15, 0.2) is 111 Å². The molecule has 5 nitrogen and oxygen atoms in total. The monoisotopic (exact) mass is 575 g/mol. The van der Waals surface area contributed by atoms with Crippen LogP contribution in [0.25, 0.3) is 32.4 Å². The maximum absolute atomic E-state index is 13.6. The van der Waals surface area contributed by atoms with Gasteiger partial charge in [-0.15, -0.1) is 0 Å². The summed E-state index contributed by atoms with van der Waals surface area (Å²) in [6.45, 7) is 4.42. The predicted molar refractivity (Wildman–Crippen MR) is 163 cm³/mol. The fraction of sp³-hybridized carbons (Fsp3) is 0.121. The topological polar surface area (TPSA) is 56.5 Å². The lowest BCUT2D eigenvalue weighted by molar-refractivity contribution is 0.307. The molecule has 1 aromatic heterocycles. The molecule has 6 aromatic rings. The molecule has 0 N–H and O–H groups in total. The van der Waals surface area contributed by atoms with Crippen molar-refractivity contribution in [2.75, 3.05) is 0 Å². The summed E-state index contributed by atoms with van der Waals surface area (Å²) in [6, 6.07) is 32.2. The molecule has 0 radical (unpaired) electrons. The Morgan fingerprint density at radius 2 is 1.59 bits per heavy atom. The lowest BCUT2D eigenvalue weighted by Crippen LogP contribution is -2.23. The molecule has 0 spiro atoms. The van der Waals surface area contributed by atoms with Gasteiger partial charge in [0, 0.05) is 16.0 Å². The molecule has 6 heteroatoms. The van der Waals surface area contributed by atoms with Crippen molar-refractivity contribution < 1.29 is 4.74 Å². The third-order valence-electron chi connectivity index (χ3n) is 6.85. The SMILES string of the molecule is CC(C)c1nc2ccc(Br)cc2c(=O)n1N=Cc1c(OCc2cccc3ccccc23)ccc2ccccc12. The van der Waals surface area contributed by atoms with Gasteiger partial charge in [-0.05, 0) is 51.4 Å². The average Bonchev–Trinajstić information content (AvgIpc) is 2.96. The number of rotatable bonds is 6. The van der Waals surface area contributed by atoms with Crippen LogP contribution in [0.3, 0.4) is 0 Å². The summed E-state index contributed by atoms with van der Waals surface area (Å²) in [5, 5.41) is 9.62. The van der Waals surface area contributed by atoms with Gasteiger partial charge in [0.05, 0.1) is 17.1 Å². The molecule has 0 amide bonds. The van der Waals surface area contributed by atoms with Gasteiger partial charge in [-0.1, -0.05) is 103 Å². The van der Waals surface area contributed by atoms with E-state index in [1.807, 2.05) is 68.4 Å². The third kappa shape index (κ3) is 4.84. The second-order valence-corrected chi connectivity index (χ2v) is 10.7. The van der Waals surface area contributed by atoms with Crippen molar-refractivity contribution in [3.8, 4) is 5.75 Å². The Kier molecular flexibility index (Phi) is 6.71. The van der Waals surface area contributed by atoms with Crippen LogP contribution in [-0.2, 0) is 6.61 Å². The second-order valence-electron chi connectivity index (χ2n) is 9.77. The summed E-state index contributed by atoms with van der Waals surface area (Å²) in [5.41, 5.74) is 2.36. The standard InChI is InChI=1S/C33H26BrN3O2/c1-21(2)32-36-30-16-15-25(34)18-28(30)33(38)37(32)35-19-29-27-13-6-4-9-23(27)14-17-31(29)39-20-24-11-7-10-22-8-3-5-12-26(22)24/h3-19,21H,20H2,1-2H3. The molecule has 0 bridgehead atoms. The minimum atomic E-state index is -0.209. The molecule has 0 fully saturated rings. The molecular weight excluding hydrogens is 550 g/mol. The first kappa shape index (κ1) is 25.0. The first-order valence-electron chi connectivity index (χ1n) is 12.9. The lowest BCUT2D eigenvalue weighted by atomic mass is 10.0. The van der Waals surface area contributed by atoms with E-state index in [1.54, 1.807) is 12.3 Å². The first-order chi connectivity index (χ1) is 19.0. The Bertz CT molecular complexity index is 1940. The normalized spacial score (nSPS) is 11.8. The highest BCUT2D eigenvalue weighted by Crippen LogP contribution is 2.29. The fourth-order valence-corrected chi connectivity index (χ4v) is 5.24. The van der Waals surface area contributed by atoms with Gasteiger partial charge >= 0.3 is 0 Å². The number of ether oxygens (including phenoxy) is 1. The number of hydrogen-bond donors (Lipinski definition) is 0. The van der Waals surface area contributed by atoms with Crippen LogP contribution >= 0.6 is 15.9 Å². The molecule has 192 valence electrons. The average molecular weight is 576 g/mol. The van der Waals surface area contributed by atoms with E-state index in [0.717, 1.165) is 31.8 Å². The molecule has 0 unspecified atom stereocenters. The van der Waals surface area contributed by atoms with Crippen LogP contribution in [-0.4, -0.2) is 15.9 Å². The predicted octanol–water partition coefficient (Wildman–Crippen LogP) is 8.05. The van der Waals surface area contributed by atoms with Crippen LogP contribution in [0.4, 0.5) is 0 Å². The number of fused-ring (bicyclic) bond motifs is 3. The van der Waals surface area contributed by atoms with Crippen LogP contribution in [0.2, 0.25) is 0 Å². The minimum absolute atomic E-state index is 0.00232. The van der Waals surface area contributed by atoms with Crippen molar-refractivity contribution in [2.45, 2.75) is 26.4 Å². The lowest BCUT2D eigenvalue weighted by Gasteiger charge is -2.14. The molecule has 0 aliphatic heterocycles. The molecule has 0 aliphatic carbocycles. The van der Waals surface area contributed by atoms with Crippen LogP contribution in [0.1, 0.15) is 36.7 Å². The van der Waals surface area contributed by atoms with Crippen molar-refractivity contribution in [1.82, 2.24) is 9.66 Å². The highest BCUT2D eigenvalue weighted by Gasteiger charge is 2.15. The van der Waals surface area contributed by atoms with E-state index in [9.17, 15) is 4.79 Å². The molecule has 5 aromatic carbocycles. The van der Waals surface area contributed by atoms with E-state index in [4.69, 9.17) is 14.8 Å². The van der Waals surface area contributed by atoms with Gasteiger partial charge in [0.2, 0.25) is 0 Å². The fourth-order valence-electron chi connectivity index (χ4n) is 4.88. The van der Waals surface area contributed by atoms with E-state index in [2.05, 4.69) is 52.3 Å². The van der Waals surface area contributed by atoms with Crippen molar-refractivity contribution >= 4 is 54.6 Å². The number of aromatic nitrogens is 2. The highest BCUT2D eigenvalue weighted by atomic mass is 79.9. The smallest absolute Gasteiger partial charge is 0.282 e. The highest BCUT2D eigenvalue weighted by molar-refractivity contribution is 9.10. The Morgan fingerprint density at radius 1 is 0.872 bits per heavy atom. The minimum Gasteiger partial charge on any atom is -0.488 e. The van der Waals surface area contributed by atoms with Gasteiger partial charge in [-0.3, -0.25) is 4.79 Å². The van der Waals surface area contributed by atoms with Crippen molar-refractivity contribution in [3.63, 3.8) is 0 Å². The van der Waals surface area contributed by atoms with Gasteiger partial charge in [0.15, 0.2) is 0 Å². The zero-order valence-electron chi connectivity index (χ0n) is 21.6. The molecule has 0 aliphatic rings. The maximum Gasteiger partial charge on any atom is 0.282 e. The quantitative estimate of drug-likeness (QED) is 0.189. The van der Waals surface area contributed by atoms with E-state index in [-0.39, 0.29) is 11.5 Å². The Morgan fingerprint density at radius 3 is 2.38 bits per heavy atom. The van der Waals surface area contributed by atoms with Crippen LogP contribution in [0, 0.1) is 0 Å². The second kappa shape index (κ2) is 10.5. The van der Waals surface area contributed by atoms with Crippen molar-refractivity contribution in [3.05, 3.63) is 129 Å². The van der Waals surface area contributed by atoms with Gasteiger partial charge in [0.25, 0.3) is 5.56 Å². The van der Waals surface area contributed by atoms with E-state index in [0.29, 0.717) is 29.1 Å². The van der Waals surface area contributed by atoms with Crippen LogP contribution < -0.4 is 10.3 Å². The van der Waals surface area contributed by atoms with Crippen molar-refractivity contribution in [2.24, 2.45) is 5.10 Å². The Labute approximate surface area is 234 Å². The van der Waals surface area contributed by atoms with Gasteiger partial charge in [-0.25, -0.2) is 4.98 Å². The van der Waals surface area contributed by atoms with Gasteiger partial charge in [-0.2, -0.15) is 9.78 Å². The maximum atomic E-state index is 13.6. The molecule has 0 saturated heterocycles. The zero-order valence-corrected chi connectivity index (χ0v) is 23.2. The summed E-state index contributed by atoms with van der Waals surface area (Å²) in [7, 11) is 0. The summed E-state index contributed by atoms with van der Waals surface area (Å²) in [6.07, 6.45) is 1.72. The number of halogens is 1. The van der Waals surface area contributed by atoms with E-state index in [1.165, 1.54) is 10.1 Å². The molecule has 6 rings (SSSR count). The van der Waals surface area contributed by atoms with Crippen molar-refractivity contribution in [1.29, 1.82) is 0 Å². The van der Waals surface area contributed by atoms with E-state index >= 15 is 0 Å². The molecule has 39 heavy (non-hydrogen) atoms. The summed E-state index contributed by atoms with van der Waals surface area (Å²) in [4.78, 5) is 18.3. The molecule has 0 saturated carbocycles. The Hall–Kier alpha value is -4.29. The largest absolute Gasteiger partial charge is 0.488 e. The van der Waals surface area contributed by atoms with Gasteiger partial charge in [0.1, 0.15) is 18.2 Å². The van der Waals surface area contributed by atoms with E-state index < -0.39 is 0 Å². The number of hydrogen-bond acceptors (Lipinski definition) is 4. The Balaban J connectivity index is 1.46. The summed E-state index contributed by atoms with van der Waals surface area (Å²) < 4.78 is 8.65.